The van der Waals surface area contributed by atoms with E-state index in [4.69, 9.17) is 0 Å². The van der Waals surface area contributed by atoms with Crippen LogP contribution in [0.3, 0.4) is 0 Å². The van der Waals surface area contributed by atoms with E-state index in [2.05, 4.69) is 0 Å². The molecule has 4 nitrogen and oxygen atoms in total. The Kier molecular flexibility index (Phi) is 1480. The molecule has 0 aromatic rings. The third kappa shape index (κ3) is 43.3. The molecule has 0 fully saturated rings. The van der Waals surface area contributed by atoms with Crippen LogP contribution in [0.2, 0.25) is 0 Å². The van der Waals surface area contributed by atoms with E-state index in [-0.39, 0.29) is 79.1 Å². The molecule has 0 aromatic heterocycles. The zero-order valence-corrected chi connectivity index (χ0v) is 5.95. The van der Waals surface area contributed by atoms with Crippen LogP contribution in [0, 0.1) is 38.6 Å². The average Bonchev–Trinajstić information content (AvgIpc) is 0. The molecule has 0 aliphatic carbocycles. The topological polar surface area (TPSA) is 114 Å². The van der Waals surface area contributed by atoms with Crippen molar-refractivity contribution in [1.29, 1.82) is 0 Å². The fourth-order valence-corrected chi connectivity index (χ4v) is 0. The second-order valence-corrected chi connectivity index (χ2v) is 0. The molecule has 0 amide bonds. The van der Waals surface area contributed by atoms with E-state index < -0.39 is 0 Å². The minimum atomic E-state index is 0. The predicted octanol–water partition coefficient (Wildman–Crippen LogP) is -0.478. The minimum Gasteiger partial charge on any atom is -2.00 e. The van der Waals surface area contributed by atoms with Crippen LogP contribution in [0.25, 0.3) is 0 Å². The number of hydrogen-bond donors (Lipinski definition) is 0. The third-order valence-electron chi connectivity index (χ3n) is 0. The maximum absolute atomic E-state index is 0. The minimum absolute atomic E-state index is 0. The Bertz CT molecular complexity index is 7.51. The van der Waals surface area contributed by atoms with Gasteiger partial charge >= 0.3 is 57.2 Å². The molecule has 0 unspecified atom stereocenters. The molecule has 0 rings (SSSR count). The quantitative estimate of drug-likeness (QED) is 0.567. The van der Waals surface area contributed by atoms with Crippen molar-refractivity contribution in [3.8, 4) is 0 Å². The van der Waals surface area contributed by atoms with Gasteiger partial charge in [0.1, 0.15) is 0 Å². The van der Waals surface area contributed by atoms with Crippen LogP contribution in [0.4, 0.5) is 0 Å². The molecule has 38 valence electrons. The first kappa shape index (κ1) is 119. The Morgan fingerprint density at radius 1 is 0.500 bits per heavy atom. The Morgan fingerprint density at radius 2 is 0.500 bits per heavy atom. The maximum atomic E-state index is 0. The normalized spacial score (nSPS) is 0. The third-order valence-corrected chi connectivity index (χ3v) is 0. The molecule has 0 saturated heterocycles. The summed E-state index contributed by atoms with van der Waals surface area (Å²) in [6, 6.07) is 0. The summed E-state index contributed by atoms with van der Waals surface area (Å²) in [4.78, 5) is 0. The summed E-state index contributed by atoms with van der Waals surface area (Å²) in [5.74, 6) is 0. The van der Waals surface area contributed by atoms with Crippen LogP contribution in [-0.2, 0) is 40.5 Å². The second-order valence-electron chi connectivity index (χ2n) is 0. The summed E-state index contributed by atoms with van der Waals surface area (Å²) in [7, 11) is 0. The molecule has 0 heterocycles. The van der Waals surface area contributed by atoms with Crippen molar-refractivity contribution in [2.75, 3.05) is 0 Å². The van der Waals surface area contributed by atoms with E-state index in [0.717, 1.165) is 0 Å². The van der Waals surface area contributed by atoms with Gasteiger partial charge in [-0.25, -0.2) is 0 Å². The van der Waals surface area contributed by atoms with Crippen LogP contribution in [0.15, 0.2) is 0 Å². The van der Waals surface area contributed by atoms with Gasteiger partial charge in [-0.05, 0) is 0 Å². The van der Waals surface area contributed by atoms with Gasteiger partial charge in [-0.15, -0.1) is 0 Å². The van der Waals surface area contributed by atoms with Gasteiger partial charge in [-0.3, -0.25) is 0 Å². The van der Waals surface area contributed by atoms with Crippen molar-refractivity contribution in [3.05, 3.63) is 0 Å². The van der Waals surface area contributed by atoms with Crippen molar-refractivity contribution in [1.82, 2.24) is 0 Å². The number of rotatable bonds is 0. The van der Waals surface area contributed by atoms with Crippen molar-refractivity contribution < 1.29 is 79.1 Å². The summed E-state index contributed by atoms with van der Waals surface area (Å²) in [5, 5.41) is 0. The molecular formula is O4TbV. The van der Waals surface area contributed by atoms with E-state index in [9.17, 15) is 0 Å². The summed E-state index contributed by atoms with van der Waals surface area (Å²) < 4.78 is 0. The zero-order chi connectivity index (χ0) is 0. The van der Waals surface area contributed by atoms with E-state index in [1.54, 1.807) is 0 Å². The molecule has 0 bridgehead atoms. The van der Waals surface area contributed by atoms with Crippen LogP contribution in [-0.4, -0.2) is 0 Å². The summed E-state index contributed by atoms with van der Waals surface area (Å²) in [6.07, 6.45) is 0. The fraction of sp³-hybridized carbons (Fsp3) is 0. The van der Waals surface area contributed by atoms with Gasteiger partial charge in [-0.1, -0.05) is 0 Å². The van der Waals surface area contributed by atoms with Gasteiger partial charge in [0.15, 0.2) is 0 Å². The maximum Gasteiger partial charge on any atom is 5.00 e. The second kappa shape index (κ2) is 74.8. The van der Waals surface area contributed by atoms with E-state index in [1.165, 1.54) is 0 Å². The Labute approximate surface area is 78.2 Å². The average molecular weight is 274 g/mol. The summed E-state index contributed by atoms with van der Waals surface area (Å²) >= 11 is 0. The van der Waals surface area contributed by atoms with Gasteiger partial charge in [0, 0.05) is 0 Å². The Morgan fingerprint density at radius 3 is 0.500 bits per heavy atom. The molecule has 0 aliphatic heterocycles. The van der Waals surface area contributed by atoms with Gasteiger partial charge in [0.05, 0.1) is 0 Å². The van der Waals surface area contributed by atoms with Gasteiger partial charge in [0.2, 0.25) is 0 Å². The van der Waals surface area contributed by atoms with Crippen molar-refractivity contribution in [3.63, 3.8) is 0 Å². The standard InChI is InChI=1S/4O.Tb.V/q4*-2;+3;+5. The van der Waals surface area contributed by atoms with Crippen LogP contribution >= 0.6 is 0 Å². The summed E-state index contributed by atoms with van der Waals surface area (Å²) in [6.45, 7) is 0. The number of hydrogen-bond acceptors (Lipinski definition) is 0. The fourth-order valence-electron chi connectivity index (χ4n) is 0. The van der Waals surface area contributed by atoms with Crippen molar-refractivity contribution in [2.45, 2.75) is 0 Å². The predicted molar refractivity (Wildman–Crippen MR) is 2.75 cm³/mol. The molecule has 0 saturated carbocycles. The van der Waals surface area contributed by atoms with Crippen LogP contribution in [0.5, 0.6) is 0 Å². The first-order valence-corrected chi connectivity index (χ1v) is 0. The van der Waals surface area contributed by atoms with Crippen LogP contribution in [0.1, 0.15) is 0 Å². The SMILES string of the molecule is [O-2].[O-2].[O-2].[O-2].[Tb+3].[V+5]. The monoisotopic (exact) mass is 274 g/mol. The molecule has 0 radical (unpaired) electrons. The summed E-state index contributed by atoms with van der Waals surface area (Å²) in [5.41, 5.74) is 0. The molecule has 0 spiro atoms. The largest absolute Gasteiger partial charge is 5.00 e. The van der Waals surface area contributed by atoms with Crippen molar-refractivity contribution in [2.24, 2.45) is 0 Å². The molecular weight excluding hydrogens is 274 g/mol. The van der Waals surface area contributed by atoms with Crippen molar-refractivity contribution >= 4 is 0 Å². The molecule has 0 atom stereocenters. The first-order valence-electron chi connectivity index (χ1n) is 0. The van der Waals surface area contributed by atoms with Gasteiger partial charge in [-0.2, -0.15) is 0 Å². The Hall–Kier alpha value is 1.71. The van der Waals surface area contributed by atoms with Crippen LogP contribution < -0.4 is 0 Å². The molecule has 0 N–H and O–H groups in total. The molecule has 6 heteroatoms. The van der Waals surface area contributed by atoms with Gasteiger partial charge < -0.3 is 21.9 Å². The molecule has 0 aromatic carbocycles. The van der Waals surface area contributed by atoms with Gasteiger partial charge in [0.25, 0.3) is 0 Å². The molecule has 6 heavy (non-hydrogen) atoms. The first-order chi connectivity index (χ1) is 0. The zero-order valence-electron chi connectivity index (χ0n) is 2.41. The smallest absolute Gasteiger partial charge is 2.00 e. The Balaban J connectivity index is 0. The van der Waals surface area contributed by atoms with E-state index >= 15 is 0 Å². The van der Waals surface area contributed by atoms with E-state index in [1.807, 2.05) is 0 Å². The van der Waals surface area contributed by atoms with E-state index in [0.29, 0.717) is 0 Å². The molecule has 0 aliphatic rings.